The highest BCUT2D eigenvalue weighted by Crippen LogP contribution is 2.54. The number of aryl methyl sites for hydroxylation is 1. The first-order chi connectivity index (χ1) is 17.5. The van der Waals surface area contributed by atoms with Crippen LogP contribution in [0, 0.1) is 18.8 Å². The largest absolute Gasteiger partial charge is 0.361 e. The molecule has 3 N–H and O–H groups in total. The number of anilines is 2. The van der Waals surface area contributed by atoms with Crippen LogP contribution in [0.5, 0.6) is 0 Å². The first-order valence-electron chi connectivity index (χ1n) is 12.2. The topological polar surface area (TPSA) is 94.3 Å². The summed E-state index contributed by atoms with van der Waals surface area (Å²) in [5, 5.41) is 7.55. The highest BCUT2D eigenvalue weighted by molar-refractivity contribution is 6.25. The summed E-state index contributed by atoms with van der Waals surface area (Å²) in [6, 6.07) is 22.4. The van der Waals surface area contributed by atoms with Gasteiger partial charge in [0.15, 0.2) is 0 Å². The number of hydrogen-bond donors (Lipinski definition) is 3. The van der Waals surface area contributed by atoms with Crippen molar-refractivity contribution in [1.82, 2.24) is 10.3 Å². The van der Waals surface area contributed by atoms with Gasteiger partial charge in [-0.15, -0.1) is 0 Å². The number of hydrogen-bond acceptors (Lipinski definition) is 4. The van der Waals surface area contributed by atoms with Gasteiger partial charge in [0.1, 0.15) is 5.54 Å². The molecule has 178 valence electrons. The van der Waals surface area contributed by atoms with Gasteiger partial charge in [0.2, 0.25) is 17.7 Å². The maximum Gasteiger partial charge on any atom is 0.250 e. The van der Waals surface area contributed by atoms with E-state index in [4.69, 9.17) is 0 Å². The maximum absolute atomic E-state index is 14.0. The lowest BCUT2D eigenvalue weighted by Gasteiger charge is -2.29. The Morgan fingerprint density at radius 2 is 1.64 bits per heavy atom. The van der Waals surface area contributed by atoms with E-state index < -0.39 is 23.4 Å². The van der Waals surface area contributed by atoms with Gasteiger partial charge >= 0.3 is 0 Å². The number of aromatic nitrogens is 1. The summed E-state index contributed by atoms with van der Waals surface area (Å²) in [5.41, 5.74) is 3.73. The number of imide groups is 1. The fraction of sp³-hybridized carbons (Fsp3) is 0.207. The SMILES string of the molecule is Cc1ccc(N2C(=O)[C@@H]3[C@H](Cc4c[nH]c5ccccc45)N[C@@]4(C(=O)Nc5ccccc54)[C@@H]3C2=O)cc1. The smallest absolute Gasteiger partial charge is 0.250 e. The highest BCUT2D eigenvalue weighted by Gasteiger charge is 2.70. The molecule has 7 heteroatoms. The van der Waals surface area contributed by atoms with E-state index in [0.717, 1.165) is 27.6 Å². The van der Waals surface area contributed by atoms with Gasteiger partial charge in [-0.2, -0.15) is 0 Å². The summed E-state index contributed by atoms with van der Waals surface area (Å²) < 4.78 is 0. The second-order valence-electron chi connectivity index (χ2n) is 9.97. The van der Waals surface area contributed by atoms with E-state index in [9.17, 15) is 14.4 Å². The molecule has 7 nitrogen and oxygen atoms in total. The van der Waals surface area contributed by atoms with Crippen molar-refractivity contribution >= 4 is 40.0 Å². The number of benzene rings is 3. The Morgan fingerprint density at radius 3 is 2.47 bits per heavy atom. The standard InChI is InChI=1S/C29H24N4O3/c1-16-10-12-18(13-11-16)33-26(34)24-23(14-17-15-30-21-8-4-2-6-19(17)21)32-29(25(24)27(33)35)20-7-3-5-9-22(20)31-28(29)36/h2-13,15,23-25,30,32H,14H2,1H3,(H,31,36)/t23-,24+,25-,29+/m0/s1. The summed E-state index contributed by atoms with van der Waals surface area (Å²) in [4.78, 5) is 46.2. The van der Waals surface area contributed by atoms with E-state index in [1.165, 1.54) is 4.90 Å². The van der Waals surface area contributed by atoms with Gasteiger partial charge in [0.25, 0.3) is 0 Å². The minimum Gasteiger partial charge on any atom is -0.361 e. The third kappa shape index (κ3) is 2.69. The zero-order valence-corrected chi connectivity index (χ0v) is 19.6. The first-order valence-corrected chi connectivity index (χ1v) is 12.2. The molecular formula is C29H24N4O3. The van der Waals surface area contributed by atoms with Crippen LogP contribution in [0.25, 0.3) is 10.9 Å². The normalized spacial score (nSPS) is 26.6. The molecular weight excluding hydrogens is 452 g/mol. The van der Waals surface area contributed by atoms with Crippen molar-refractivity contribution in [3.8, 4) is 0 Å². The van der Waals surface area contributed by atoms with Crippen LogP contribution in [0.3, 0.4) is 0 Å². The molecule has 36 heavy (non-hydrogen) atoms. The van der Waals surface area contributed by atoms with E-state index in [-0.39, 0.29) is 17.7 Å². The molecule has 3 amide bonds. The van der Waals surface area contributed by atoms with Crippen molar-refractivity contribution in [2.24, 2.45) is 11.8 Å². The van der Waals surface area contributed by atoms with Gasteiger partial charge in [-0.3, -0.25) is 19.7 Å². The van der Waals surface area contributed by atoms with Crippen molar-refractivity contribution in [1.29, 1.82) is 0 Å². The molecule has 7 rings (SSSR count). The molecule has 3 aromatic carbocycles. The quantitative estimate of drug-likeness (QED) is 0.394. The van der Waals surface area contributed by atoms with Crippen molar-refractivity contribution in [2.75, 3.05) is 10.2 Å². The molecule has 0 radical (unpaired) electrons. The maximum atomic E-state index is 14.0. The van der Waals surface area contributed by atoms with Crippen LogP contribution in [0.15, 0.2) is 79.0 Å². The van der Waals surface area contributed by atoms with E-state index in [1.807, 2.05) is 73.8 Å². The van der Waals surface area contributed by atoms with Gasteiger partial charge in [-0.1, -0.05) is 54.1 Å². The lowest BCUT2D eigenvalue weighted by molar-refractivity contribution is -0.130. The third-order valence-corrected chi connectivity index (χ3v) is 8.03. The summed E-state index contributed by atoms with van der Waals surface area (Å²) in [7, 11) is 0. The van der Waals surface area contributed by atoms with Gasteiger partial charge in [0, 0.05) is 34.4 Å². The van der Waals surface area contributed by atoms with Crippen LogP contribution in [-0.2, 0) is 26.3 Å². The minimum absolute atomic E-state index is 0.264. The molecule has 3 aliphatic rings. The Morgan fingerprint density at radius 1 is 0.889 bits per heavy atom. The van der Waals surface area contributed by atoms with Crippen molar-refractivity contribution < 1.29 is 14.4 Å². The molecule has 0 saturated carbocycles. The summed E-state index contributed by atoms with van der Waals surface area (Å²) in [6.45, 7) is 1.96. The van der Waals surface area contributed by atoms with Gasteiger partial charge in [-0.05, 0) is 43.2 Å². The number of amides is 3. The Labute approximate surface area is 207 Å². The number of carbonyl (C=O) groups excluding carboxylic acids is 3. The molecule has 1 aromatic heterocycles. The van der Waals surface area contributed by atoms with E-state index >= 15 is 0 Å². The van der Waals surface area contributed by atoms with E-state index in [0.29, 0.717) is 17.8 Å². The molecule has 4 heterocycles. The number of H-pyrrole nitrogens is 1. The molecule has 1 spiro atoms. The molecule has 0 aliphatic carbocycles. The average molecular weight is 477 g/mol. The molecule has 2 saturated heterocycles. The molecule has 0 bridgehead atoms. The van der Waals surface area contributed by atoms with Crippen molar-refractivity contribution in [2.45, 2.75) is 24.9 Å². The number of aromatic amines is 1. The Balaban J connectivity index is 1.37. The minimum atomic E-state index is -1.30. The van der Waals surface area contributed by atoms with E-state index in [1.54, 1.807) is 12.1 Å². The predicted octanol–water partition coefficient (Wildman–Crippen LogP) is 3.64. The number of carbonyl (C=O) groups is 3. The van der Waals surface area contributed by atoms with Gasteiger partial charge in [-0.25, -0.2) is 4.90 Å². The van der Waals surface area contributed by atoms with Crippen LogP contribution in [0.4, 0.5) is 11.4 Å². The average Bonchev–Trinajstić information content (AvgIpc) is 3.59. The second kappa shape index (κ2) is 7.38. The Hall–Kier alpha value is -4.23. The lowest BCUT2D eigenvalue weighted by atomic mass is 9.76. The van der Waals surface area contributed by atoms with Gasteiger partial charge in [0.05, 0.1) is 17.5 Å². The van der Waals surface area contributed by atoms with Crippen LogP contribution < -0.4 is 15.5 Å². The zero-order chi connectivity index (χ0) is 24.6. The van der Waals surface area contributed by atoms with Crippen molar-refractivity contribution in [3.63, 3.8) is 0 Å². The number of rotatable bonds is 3. The molecule has 4 aromatic rings. The monoisotopic (exact) mass is 476 g/mol. The van der Waals surface area contributed by atoms with Crippen LogP contribution >= 0.6 is 0 Å². The fourth-order valence-electron chi connectivity index (χ4n) is 6.42. The Kier molecular flexibility index (Phi) is 4.32. The Bertz CT molecular complexity index is 1570. The summed E-state index contributed by atoms with van der Waals surface area (Å²) in [5.74, 6) is -2.41. The molecule has 2 fully saturated rings. The van der Waals surface area contributed by atoms with Crippen LogP contribution in [-0.4, -0.2) is 28.7 Å². The number of nitrogens with zero attached hydrogens (tertiary/aromatic N) is 1. The molecule has 4 atom stereocenters. The molecule has 3 aliphatic heterocycles. The lowest BCUT2D eigenvalue weighted by Crippen LogP contribution is -2.53. The second-order valence-corrected chi connectivity index (χ2v) is 9.97. The summed E-state index contributed by atoms with van der Waals surface area (Å²) >= 11 is 0. The third-order valence-electron chi connectivity index (χ3n) is 8.03. The van der Waals surface area contributed by atoms with Gasteiger partial charge < -0.3 is 10.3 Å². The zero-order valence-electron chi connectivity index (χ0n) is 19.6. The van der Waals surface area contributed by atoms with Crippen LogP contribution in [0.1, 0.15) is 16.7 Å². The number of nitrogens with one attached hydrogen (secondary N) is 3. The number of fused-ring (bicyclic) bond motifs is 5. The first kappa shape index (κ1) is 21.1. The summed E-state index contributed by atoms with van der Waals surface area (Å²) in [6.07, 6.45) is 2.46. The predicted molar refractivity (Wildman–Crippen MR) is 136 cm³/mol. The highest BCUT2D eigenvalue weighted by atomic mass is 16.2. The number of para-hydroxylation sites is 2. The van der Waals surface area contributed by atoms with Crippen LogP contribution in [0.2, 0.25) is 0 Å². The fourth-order valence-corrected chi connectivity index (χ4v) is 6.42. The molecule has 0 unspecified atom stereocenters. The van der Waals surface area contributed by atoms with E-state index in [2.05, 4.69) is 15.6 Å². The van der Waals surface area contributed by atoms with Crippen molar-refractivity contribution in [3.05, 3.63) is 95.7 Å².